The van der Waals surface area contributed by atoms with Crippen LogP contribution >= 0.6 is 0 Å². The van der Waals surface area contributed by atoms with E-state index in [9.17, 15) is 13.5 Å². The molecule has 0 atom stereocenters. The van der Waals surface area contributed by atoms with E-state index in [4.69, 9.17) is 4.55 Å². The van der Waals surface area contributed by atoms with Crippen molar-refractivity contribution in [3.8, 4) is 5.75 Å². The molecule has 0 bridgehead atoms. The first kappa shape index (κ1) is 13.5. The summed E-state index contributed by atoms with van der Waals surface area (Å²) in [5, 5.41) is 10.6. The van der Waals surface area contributed by atoms with Crippen LogP contribution in [0.3, 0.4) is 0 Å². The molecule has 6 heteroatoms. The fourth-order valence-electron chi connectivity index (χ4n) is 1.37. The van der Waals surface area contributed by atoms with Crippen molar-refractivity contribution in [2.75, 3.05) is 0 Å². The Bertz CT molecular complexity index is 622. The molecule has 2 rings (SSSR count). The molecule has 0 unspecified atom stereocenters. The van der Waals surface area contributed by atoms with E-state index in [0.717, 1.165) is 5.39 Å². The third-order valence-corrected chi connectivity index (χ3v) is 2.94. The number of fused-ring (bicyclic) bond motifs is 1. The predicted molar refractivity (Wildman–Crippen MR) is 61.2 cm³/mol. The van der Waals surface area contributed by atoms with Gasteiger partial charge in [0.1, 0.15) is 5.75 Å². The van der Waals surface area contributed by atoms with Crippen molar-refractivity contribution in [2.24, 2.45) is 0 Å². The Morgan fingerprint density at radius 2 is 1.56 bits per heavy atom. The topological polar surface area (TPSA) is 74.6 Å². The second-order valence-electron chi connectivity index (χ2n) is 3.17. The fraction of sp³-hybridized carbons (Fsp3) is 0. The van der Waals surface area contributed by atoms with E-state index in [1.807, 2.05) is 0 Å². The summed E-state index contributed by atoms with van der Waals surface area (Å²) >= 11 is 0. The van der Waals surface area contributed by atoms with Gasteiger partial charge in [0, 0.05) is 29.6 Å². The third-order valence-electron chi connectivity index (χ3n) is 2.09. The van der Waals surface area contributed by atoms with E-state index in [-0.39, 0.29) is 40.2 Å². The summed E-state index contributed by atoms with van der Waals surface area (Å²) in [6.45, 7) is 0. The van der Waals surface area contributed by atoms with Gasteiger partial charge in [0.25, 0.3) is 10.1 Å². The van der Waals surface area contributed by atoms with Crippen LogP contribution in [0.15, 0.2) is 41.3 Å². The molecule has 2 aromatic carbocycles. The molecule has 0 aliphatic heterocycles. The Kier molecular flexibility index (Phi) is 3.98. The van der Waals surface area contributed by atoms with Crippen LogP contribution in [0.2, 0.25) is 0 Å². The van der Waals surface area contributed by atoms with Gasteiger partial charge < -0.3 is 5.11 Å². The zero-order chi connectivity index (χ0) is 11.1. The minimum absolute atomic E-state index is 0. The molecule has 2 N–H and O–H groups in total. The third kappa shape index (κ3) is 2.75. The van der Waals surface area contributed by atoms with Crippen LogP contribution in [0, 0.1) is 0 Å². The monoisotopic (exact) mass is 247 g/mol. The van der Waals surface area contributed by atoms with Crippen LogP contribution in [0.1, 0.15) is 0 Å². The molecular formula is C10H8NaO4S. The molecule has 0 aromatic heterocycles. The van der Waals surface area contributed by atoms with Crippen LogP contribution < -0.4 is 0 Å². The summed E-state index contributed by atoms with van der Waals surface area (Å²) in [7, 11) is -4.19. The molecule has 2 aromatic rings. The normalized spacial score (nSPS) is 11.1. The molecule has 0 fully saturated rings. The van der Waals surface area contributed by atoms with Crippen molar-refractivity contribution in [1.82, 2.24) is 0 Å². The zero-order valence-electron chi connectivity index (χ0n) is 8.58. The molecule has 0 saturated heterocycles. The van der Waals surface area contributed by atoms with Gasteiger partial charge in [0.15, 0.2) is 0 Å². The molecule has 0 amide bonds. The standard InChI is InChI=1S/C10H8O4S.Na/c11-9-3-1-7-2-4-10(15(12,13)14)6-8(7)5-9;/h1-6,11H,(H,12,13,14);. The van der Waals surface area contributed by atoms with E-state index in [2.05, 4.69) is 0 Å². The number of phenols is 1. The molecule has 16 heavy (non-hydrogen) atoms. The molecule has 0 aliphatic carbocycles. The molecule has 0 heterocycles. The first-order valence-corrected chi connectivity index (χ1v) is 5.61. The van der Waals surface area contributed by atoms with Gasteiger partial charge in [-0.25, -0.2) is 0 Å². The van der Waals surface area contributed by atoms with Gasteiger partial charge in [-0.3, -0.25) is 4.55 Å². The average Bonchev–Trinajstić information content (AvgIpc) is 2.15. The van der Waals surface area contributed by atoms with Gasteiger partial charge in [-0.1, -0.05) is 12.1 Å². The van der Waals surface area contributed by atoms with E-state index in [1.165, 1.54) is 24.3 Å². The van der Waals surface area contributed by atoms with Gasteiger partial charge in [-0.2, -0.15) is 8.42 Å². The van der Waals surface area contributed by atoms with Crippen molar-refractivity contribution in [2.45, 2.75) is 4.90 Å². The van der Waals surface area contributed by atoms with Crippen molar-refractivity contribution >= 4 is 50.4 Å². The molecular weight excluding hydrogens is 239 g/mol. The summed E-state index contributed by atoms with van der Waals surface area (Å²) in [4.78, 5) is -0.180. The van der Waals surface area contributed by atoms with Gasteiger partial charge >= 0.3 is 0 Å². The van der Waals surface area contributed by atoms with Gasteiger partial charge in [-0.15, -0.1) is 0 Å². The largest absolute Gasteiger partial charge is 0.508 e. The van der Waals surface area contributed by atoms with Crippen LogP contribution in [0.25, 0.3) is 10.8 Å². The number of aromatic hydroxyl groups is 1. The van der Waals surface area contributed by atoms with Gasteiger partial charge in [-0.05, 0) is 35.0 Å². The van der Waals surface area contributed by atoms with Crippen molar-refractivity contribution in [1.29, 1.82) is 0 Å². The van der Waals surface area contributed by atoms with E-state index in [1.54, 1.807) is 12.1 Å². The number of rotatable bonds is 1. The van der Waals surface area contributed by atoms with Crippen molar-refractivity contribution < 1.29 is 18.1 Å². The molecule has 0 aliphatic rings. The molecule has 79 valence electrons. The Balaban J connectivity index is 0.00000128. The zero-order valence-corrected chi connectivity index (χ0v) is 11.4. The second-order valence-corrected chi connectivity index (χ2v) is 4.59. The summed E-state index contributed by atoms with van der Waals surface area (Å²) in [6.07, 6.45) is 0. The Morgan fingerprint density at radius 1 is 0.938 bits per heavy atom. The number of phenolic OH excluding ortho intramolecular Hbond substituents is 1. The maximum absolute atomic E-state index is 10.9. The Morgan fingerprint density at radius 3 is 2.19 bits per heavy atom. The fourth-order valence-corrected chi connectivity index (χ4v) is 1.89. The number of benzene rings is 2. The smallest absolute Gasteiger partial charge is 0.294 e. The van der Waals surface area contributed by atoms with Crippen LogP contribution in [0.4, 0.5) is 0 Å². The Hall–Kier alpha value is -0.590. The number of hydrogen-bond acceptors (Lipinski definition) is 3. The van der Waals surface area contributed by atoms with Crippen molar-refractivity contribution in [3.05, 3.63) is 36.4 Å². The first-order chi connectivity index (χ1) is 6.97. The minimum Gasteiger partial charge on any atom is -0.508 e. The van der Waals surface area contributed by atoms with Gasteiger partial charge in [0.2, 0.25) is 0 Å². The maximum Gasteiger partial charge on any atom is 0.294 e. The second kappa shape index (κ2) is 4.73. The summed E-state index contributed by atoms with van der Waals surface area (Å²) in [5.74, 6) is 0.0509. The molecule has 0 spiro atoms. The average molecular weight is 247 g/mol. The molecule has 1 radical (unpaired) electrons. The van der Waals surface area contributed by atoms with Crippen LogP contribution in [0.5, 0.6) is 5.75 Å². The predicted octanol–water partition coefficient (Wildman–Crippen LogP) is 1.41. The maximum atomic E-state index is 10.9. The van der Waals surface area contributed by atoms with E-state index in [0.29, 0.717) is 5.39 Å². The van der Waals surface area contributed by atoms with Gasteiger partial charge in [0.05, 0.1) is 4.90 Å². The van der Waals surface area contributed by atoms with Crippen LogP contribution in [-0.2, 0) is 10.1 Å². The molecule has 4 nitrogen and oxygen atoms in total. The minimum atomic E-state index is -4.19. The van der Waals surface area contributed by atoms with E-state index >= 15 is 0 Å². The summed E-state index contributed by atoms with van der Waals surface area (Å²) in [5.41, 5.74) is 0. The van der Waals surface area contributed by atoms with E-state index < -0.39 is 10.1 Å². The number of hydrogen-bond donors (Lipinski definition) is 2. The summed E-state index contributed by atoms with van der Waals surface area (Å²) in [6, 6.07) is 8.80. The quantitative estimate of drug-likeness (QED) is 0.590. The SMILES string of the molecule is O=S(=O)(O)c1ccc2ccc(O)cc2c1.[Na]. The molecule has 0 saturated carbocycles. The van der Waals surface area contributed by atoms with Crippen LogP contribution in [-0.4, -0.2) is 47.6 Å². The first-order valence-electron chi connectivity index (χ1n) is 4.17. The Labute approximate surface area is 115 Å². The summed E-state index contributed by atoms with van der Waals surface area (Å²) < 4.78 is 30.5. The van der Waals surface area contributed by atoms with Crippen molar-refractivity contribution in [3.63, 3.8) is 0 Å².